The van der Waals surface area contributed by atoms with Gasteiger partial charge in [0.1, 0.15) is 11.5 Å². The summed E-state index contributed by atoms with van der Waals surface area (Å²) in [5.74, 6) is 0.570. The smallest absolute Gasteiger partial charge is 0.256 e. The minimum Gasteiger partial charge on any atom is -0.496 e. The van der Waals surface area contributed by atoms with Crippen LogP contribution in [0.15, 0.2) is 39.9 Å². The van der Waals surface area contributed by atoms with Crippen LogP contribution in [0.5, 0.6) is 5.75 Å². The Kier molecular flexibility index (Phi) is 3.70. The average Bonchev–Trinajstić information content (AvgIpc) is 2.91. The lowest BCUT2D eigenvalue weighted by molar-refractivity contribution is 0.0944. The first kappa shape index (κ1) is 12.9. The lowest BCUT2D eigenvalue weighted by Gasteiger charge is -2.09. The summed E-state index contributed by atoms with van der Waals surface area (Å²) in [6.07, 6.45) is 2.98. The van der Waals surface area contributed by atoms with Gasteiger partial charge in [0.25, 0.3) is 11.5 Å². The second kappa shape index (κ2) is 5.43. The van der Waals surface area contributed by atoms with E-state index in [0.717, 1.165) is 0 Å². The van der Waals surface area contributed by atoms with Crippen molar-refractivity contribution in [3.05, 3.63) is 52.3 Å². The molecule has 0 radical (unpaired) electrons. The molecule has 0 unspecified atom stereocenters. The molecule has 0 bridgehead atoms. The molecule has 0 atom stereocenters. The molecule has 1 N–H and O–H groups in total. The van der Waals surface area contributed by atoms with Crippen molar-refractivity contribution in [1.82, 2.24) is 9.88 Å². The maximum atomic E-state index is 12.0. The van der Waals surface area contributed by atoms with E-state index in [9.17, 15) is 9.59 Å². The molecule has 19 heavy (non-hydrogen) atoms. The number of ether oxygens (including phenoxy) is 1. The summed E-state index contributed by atoms with van der Waals surface area (Å²) >= 11 is 0. The van der Waals surface area contributed by atoms with Crippen LogP contribution in [0, 0.1) is 0 Å². The van der Waals surface area contributed by atoms with Crippen LogP contribution in [0.25, 0.3) is 0 Å². The van der Waals surface area contributed by atoms with E-state index in [-0.39, 0.29) is 23.8 Å². The molecule has 0 saturated carbocycles. The van der Waals surface area contributed by atoms with Gasteiger partial charge in [-0.2, -0.15) is 0 Å². The molecule has 0 fully saturated rings. The van der Waals surface area contributed by atoms with Crippen LogP contribution >= 0.6 is 0 Å². The molecule has 2 aromatic rings. The van der Waals surface area contributed by atoms with Crippen LogP contribution in [0.4, 0.5) is 0 Å². The molecular formula is C13H14N2O4. The minimum atomic E-state index is -0.330. The van der Waals surface area contributed by atoms with Gasteiger partial charge in [0.2, 0.25) is 0 Å². The Bertz CT molecular complexity index is 629. The number of amides is 1. The molecule has 6 nitrogen and oxygen atoms in total. The van der Waals surface area contributed by atoms with Crippen molar-refractivity contribution in [2.75, 3.05) is 7.11 Å². The highest BCUT2D eigenvalue weighted by Crippen LogP contribution is 2.14. The van der Waals surface area contributed by atoms with Crippen molar-refractivity contribution < 1.29 is 13.9 Å². The monoisotopic (exact) mass is 262 g/mol. The van der Waals surface area contributed by atoms with E-state index < -0.39 is 0 Å². The number of carbonyl (C=O) groups excluding carboxylic acids is 1. The largest absolute Gasteiger partial charge is 0.496 e. The lowest BCUT2D eigenvalue weighted by Crippen LogP contribution is -2.26. The zero-order chi connectivity index (χ0) is 13.8. The summed E-state index contributed by atoms with van der Waals surface area (Å²) in [6.45, 7) is 0.276. The fraction of sp³-hybridized carbons (Fsp3) is 0.231. The molecule has 0 aromatic carbocycles. The zero-order valence-corrected chi connectivity index (χ0v) is 10.7. The molecule has 1 amide bonds. The lowest BCUT2D eigenvalue weighted by atomic mass is 10.2. The molecule has 0 aliphatic heterocycles. The van der Waals surface area contributed by atoms with Gasteiger partial charge in [-0.05, 0) is 12.1 Å². The molecule has 0 aliphatic rings. The molecule has 2 rings (SSSR count). The summed E-state index contributed by atoms with van der Waals surface area (Å²) in [5.41, 5.74) is 0.0654. The summed E-state index contributed by atoms with van der Waals surface area (Å²) in [4.78, 5) is 23.5. The Hall–Kier alpha value is -2.50. The molecular weight excluding hydrogens is 248 g/mol. The third-order valence-corrected chi connectivity index (χ3v) is 2.66. The first-order valence-corrected chi connectivity index (χ1v) is 5.67. The number of carbonyl (C=O) groups is 1. The van der Waals surface area contributed by atoms with Gasteiger partial charge in [0, 0.05) is 19.3 Å². The average molecular weight is 262 g/mol. The number of aromatic nitrogens is 1. The quantitative estimate of drug-likeness (QED) is 0.889. The van der Waals surface area contributed by atoms with E-state index in [0.29, 0.717) is 11.3 Å². The Morgan fingerprint density at radius 3 is 2.95 bits per heavy atom. The number of furan rings is 1. The second-order valence-corrected chi connectivity index (χ2v) is 3.97. The predicted molar refractivity (Wildman–Crippen MR) is 68.1 cm³/mol. The zero-order valence-electron chi connectivity index (χ0n) is 10.7. The van der Waals surface area contributed by atoms with Crippen LogP contribution in [0.2, 0.25) is 0 Å². The first-order chi connectivity index (χ1) is 9.11. The van der Waals surface area contributed by atoms with Crippen molar-refractivity contribution in [3.8, 4) is 5.75 Å². The summed E-state index contributed by atoms with van der Waals surface area (Å²) in [6, 6.07) is 4.79. The predicted octanol–water partition coefficient (Wildman–Crippen LogP) is 0.917. The fourth-order valence-electron chi connectivity index (χ4n) is 1.63. The second-order valence-electron chi connectivity index (χ2n) is 3.97. The van der Waals surface area contributed by atoms with Gasteiger partial charge >= 0.3 is 0 Å². The number of pyridine rings is 1. The first-order valence-electron chi connectivity index (χ1n) is 5.67. The van der Waals surface area contributed by atoms with E-state index >= 15 is 0 Å². The maximum absolute atomic E-state index is 12.0. The molecule has 100 valence electrons. The highest BCUT2D eigenvalue weighted by molar-refractivity contribution is 5.96. The van der Waals surface area contributed by atoms with Crippen molar-refractivity contribution in [3.63, 3.8) is 0 Å². The maximum Gasteiger partial charge on any atom is 0.256 e. The van der Waals surface area contributed by atoms with E-state index in [1.165, 1.54) is 30.2 Å². The normalized spacial score (nSPS) is 10.2. The van der Waals surface area contributed by atoms with Gasteiger partial charge < -0.3 is 19.0 Å². The molecule has 0 spiro atoms. The molecule has 2 aromatic heterocycles. The molecule has 6 heteroatoms. The van der Waals surface area contributed by atoms with E-state index in [4.69, 9.17) is 9.15 Å². The standard InChI is InChI=1S/C13H14N2O4/c1-15-8-10(11(18-2)6-12(15)16)13(17)14-7-9-4-3-5-19-9/h3-6,8H,7H2,1-2H3,(H,14,17). The van der Waals surface area contributed by atoms with Gasteiger partial charge in [-0.15, -0.1) is 0 Å². The van der Waals surface area contributed by atoms with Crippen molar-refractivity contribution in [2.45, 2.75) is 6.54 Å². The molecule has 0 aliphatic carbocycles. The number of hydrogen-bond acceptors (Lipinski definition) is 4. The Balaban J connectivity index is 2.18. The summed E-state index contributed by atoms with van der Waals surface area (Å²) in [7, 11) is 2.99. The summed E-state index contributed by atoms with van der Waals surface area (Å²) < 4.78 is 11.5. The topological polar surface area (TPSA) is 73.5 Å². The van der Waals surface area contributed by atoms with E-state index in [1.807, 2.05) is 0 Å². The highest BCUT2D eigenvalue weighted by atomic mass is 16.5. The number of nitrogens with one attached hydrogen (secondary N) is 1. The van der Waals surface area contributed by atoms with Crippen LogP contribution < -0.4 is 15.6 Å². The Labute approximate surface area is 109 Å². The van der Waals surface area contributed by atoms with Gasteiger partial charge in [-0.1, -0.05) is 0 Å². The minimum absolute atomic E-state index is 0.237. The van der Waals surface area contributed by atoms with Crippen molar-refractivity contribution >= 4 is 5.91 Å². The van der Waals surface area contributed by atoms with Crippen molar-refractivity contribution in [1.29, 1.82) is 0 Å². The fourth-order valence-corrected chi connectivity index (χ4v) is 1.63. The van der Waals surface area contributed by atoms with Crippen LogP contribution in [0.3, 0.4) is 0 Å². The Morgan fingerprint density at radius 2 is 2.32 bits per heavy atom. The number of aryl methyl sites for hydroxylation is 1. The van der Waals surface area contributed by atoms with Gasteiger partial charge in [-0.3, -0.25) is 9.59 Å². The number of methoxy groups -OCH3 is 1. The molecule has 2 heterocycles. The number of hydrogen-bond donors (Lipinski definition) is 1. The van der Waals surface area contributed by atoms with Crippen LogP contribution in [-0.4, -0.2) is 17.6 Å². The SMILES string of the molecule is COc1cc(=O)n(C)cc1C(=O)NCc1ccco1. The van der Waals surface area contributed by atoms with Crippen molar-refractivity contribution in [2.24, 2.45) is 7.05 Å². The third-order valence-electron chi connectivity index (χ3n) is 2.66. The van der Waals surface area contributed by atoms with Gasteiger partial charge in [0.15, 0.2) is 0 Å². The van der Waals surface area contributed by atoms with E-state index in [2.05, 4.69) is 5.32 Å². The molecule has 0 saturated heterocycles. The Morgan fingerprint density at radius 1 is 1.53 bits per heavy atom. The number of nitrogens with zero attached hydrogens (tertiary/aromatic N) is 1. The summed E-state index contributed by atoms with van der Waals surface area (Å²) in [5, 5.41) is 2.69. The highest BCUT2D eigenvalue weighted by Gasteiger charge is 2.14. The van der Waals surface area contributed by atoms with Crippen LogP contribution in [-0.2, 0) is 13.6 Å². The van der Waals surface area contributed by atoms with Crippen LogP contribution in [0.1, 0.15) is 16.1 Å². The van der Waals surface area contributed by atoms with Gasteiger partial charge in [0.05, 0.1) is 25.5 Å². The number of rotatable bonds is 4. The van der Waals surface area contributed by atoms with Gasteiger partial charge in [-0.25, -0.2) is 0 Å². The third kappa shape index (κ3) is 2.85. The van der Waals surface area contributed by atoms with E-state index in [1.54, 1.807) is 19.2 Å².